The van der Waals surface area contributed by atoms with Gasteiger partial charge in [-0.3, -0.25) is 4.79 Å². The topological polar surface area (TPSA) is 58.4 Å². The van der Waals surface area contributed by atoms with Crippen molar-refractivity contribution in [1.29, 1.82) is 0 Å². The first-order chi connectivity index (χ1) is 8.31. The predicted octanol–water partition coefficient (Wildman–Crippen LogP) is 0.573. The minimum Gasteiger partial charge on any atom is -0.341 e. The number of nitrogens with one attached hydrogen (secondary N) is 1. The van der Waals surface area contributed by atoms with Gasteiger partial charge in [0.05, 0.1) is 0 Å². The van der Waals surface area contributed by atoms with Crippen molar-refractivity contribution in [3.05, 3.63) is 0 Å². The smallest absolute Gasteiger partial charge is 0.225 e. The Hall–Kier alpha value is -0.610. The highest BCUT2D eigenvalue weighted by Crippen LogP contribution is 2.29. The Balaban J connectivity index is 1.82. The Morgan fingerprint density at radius 1 is 1.18 bits per heavy atom. The van der Waals surface area contributed by atoms with E-state index in [9.17, 15) is 4.79 Å². The van der Waals surface area contributed by atoms with Gasteiger partial charge in [-0.05, 0) is 51.1 Å². The largest absolute Gasteiger partial charge is 0.341 e. The fourth-order valence-corrected chi connectivity index (χ4v) is 2.97. The maximum atomic E-state index is 12.4. The Labute approximate surface area is 104 Å². The molecule has 1 amide bonds. The van der Waals surface area contributed by atoms with Gasteiger partial charge in [0, 0.05) is 25.6 Å². The monoisotopic (exact) mass is 239 g/mol. The molecule has 0 aromatic heterocycles. The SMILES string of the molecule is NCC1CCC(C(=O)N2CCCNCC2)CC1. The van der Waals surface area contributed by atoms with E-state index in [1.165, 1.54) is 0 Å². The molecule has 0 unspecified atom stereocenters. The van der Waals surface area contributed by atoms with E-state index in [4.69, 9.17) is 5.73 Å². The minimum atomic E-state index is 0.274. The molecule has 1 saturated carbocycles. The zero-order chi connectivity index (χ0) is 12.1. The van der Waals surface area contributed by atoms with Crippen LogP contribution in [0.3, 0.4) is 0 Å². The number of rotatable bonds is 2. The van der Waals surface area contributed by atoms with Gasteiger partial charge in [0.15, 0.2) is 0 Å². The number of carbonyl (C=O) groups excluding carboxylic acids is 1. The van der Waals surface area contributed by atoms with Crippen LogP contribution in [0, 0.1) is 11.8 Å². The maximum Gasteiger partial charge on any atom is 0.225 e. The van der Waals surface area contributed by atoms with Crippen LogP contribution in [0.25, 0.3) is 0 Å². The molecule has 1 aliphatic carbocycles. The summed E-state index contributed by atoms with van der Waals surface area (Å²) in [6, 6.07) is 0. The Morgan fingerprint density at radius 3 is 2.65 bits per heavy atom. The third-order valence-corrected chi connectivity index (χ3v) is 4.18. The van der Waals surface area contributed by atoms with Crippen molar-refractivity contribution >= 4 is 5.91 Å². The lowest BCUT2D eigenvalue weighted by atomic mass is 9.81. The van der Waals surface area contributed by atoms with E-state index in [-0.39, 0.29) is 5.92 Å². The van der Waals surface area contributed by atoms with Crippen LogP contribution in [0.1, 0.15) is 32.1 Å². The first-order valence-electron chi connectivity index (χ1n) is 7.01. The van der Waals surface area contributed by atoms with E-state index < -0.39 is 0 Å². The van der Waals surface area contributed by atoms with E-state index >= 15 is 0 Å². The number of nitrogens with zero attached hydrogens (tertiary/aromatic N) is 1. The molecule has 3 N–H and O–H groups in total. The quantitative estimate of drug-likeness (QED) is 0.741. The summed E-state index contributed by atoms with van der Waals surface area (Å²) in [6.45, 7) is 4.60. The summed E-state index contributed by atoms with van der Waals surface area (Å²) in [4.78, 5) is 14.4. The summed E-state index contributed by atoms with van der Waals surface area (Å²) < 4.78 is 0. The lowest BCUT2D eigenvalue weighted by Gasteiger charge is -2.31. The van der Waals surface area contributed by atoms with E-state index in [0.29, 0.717) is 11.8 Å². The Morgan fingerprint density at radius 2 is 1.94 bits per heavy atom. The van der Waals surface area contributed by atoms with Gasteiger partial charge in [0.25, 0.3) is 0 Å². The maximum absolute atomic E-state index is 12.4. The minimum absolute atomic E-state index is 0.274. The highest BCUT2D eigenvalue weighted by atomic mass is 16.2. The van der Waals surface area contributed by atoms with Gasteiger partial charge in [0.2, 0.25) is 5.91 Å². The second-order valence-electron chi connectivity index (χ2n) is 5.38. The first-order valence-corrected chi connectivity index (χ1v) is 7.01. The zero-order valence-corrected chi connectivity index (χ0v) is 10.7. The number of hydrogen-bond acceptors (Lipinski definition) is 3. The normalized spacial score (nSPS) is 31.0. The van der Waals surface area contributed by atoms with Crippen molar-refractivity contribution in [3.63, 3.8) is 0 Å². The van der Waals surface area contributed by atoms with Crippen molar-refractivity contribution in [2.24, 2.45) is 17.6 Å². The summed E-state index contributed by atoms with van der Waals surface area (Å²) in [5, 5.41) is 3.34. The van der Waals surface area contributed by atoms with Crippen LogP contribution in [0.4, 0.5) is 0 Å². The molecule has 0 bridgehead atoms. The average Bonchev–Trinajstić information content (AvgIpc) is 2.67. The molecule has 0 aromatic carbocycles. The third kappa shape index (κ3) is 3.42. The molecule has 0 aromatic rings. The molecule has 4 nitrogen and oxygen atoms in total. The molecule has 2 rings (SSSR count). The van der Waals surface area contributed by atoms with Gasteiger partial charge in [0.1, 0.15) is 0 Å². The average molecular weight is 239 g/mol. The van der Waals surface area contributed by atoms with Crippen LogP contribution < -0.4 is 11.1 Å². The van der Waals surface area contributed by atoms with Crippen LogP contribution in [0.15, 0.2) is 0 Å². The van der Waals surface area contributed by atoms with Gasteiger partial charge in [-0.25, -0.2) is 0 Å². The number of hydrogen-bond donors (Lipinski definition) is 2. The van der Waals surface area contributed by atoms with Crippen LogP contribution >= 0.6 is 0 Å². The van der Waals surface area contributed by atoms with E-state index in [0.717, 1.165) is 64.8 Å². The number of carbonyl (C=O) groups is 1. The molecule has 17 heavy (non-hydrogen) atoms. The van der Waals surface area contributed by atoms with Gasteiger partial charge in [-0.2, -0.15) is 0 Å². The lowest BCUT2D eigenvalue weighted by molar-refractivity contribution is -0.136. The van der Waals surface area contributed by atoms with Crippen molar-refractivity contribution in [2.45, 2.75) is 32.1 Å². The lowest BCUT2D eigenvalue weighted by Crippen LogP contribution is -2.40. The summed E-state index contributed by atoms with van der Waals surface area (Å²) in [6.07, 6.45) is 5.46. The van der Waals surface area contributed by atoms with Crippen molar-refractivity contribution in [3.8, 4) is 0 Å². The molecule has 4 heteroatoms. The molecule has 98 valence electrons. The molecule has 1 heterocycles. The van der Waals surface area contributed by atoms with Crippen LogP contribution in [-0.4, -0.2) is 43.5 Å². The standard InChI is InChI=1S/C13H25N3O/c14-10-11-2-4-12(5-3-11)13(17)16-8-1-6-15-7-9-16/h11-12,15H,1-10,14H2. The molecule has 0 radical (unpaired) electrons. The third-order valence-electron chi connectivity index (χ3n) is 4.18. The predicted molar refractivity (Wildman–Crippen MR) is 68.6 cm³/mol. The molecule has 0 atom stereocenters. The molecular formula is C13H25N3O. The number of amides is 1. The fraction of sp³-hybridized carbons (Fsp3) is 0.923. The highest BCUT2D eigenvalue weighted by Gasteiger charge is 2.29. The Bertz CT molecular complexity index is 241. The number of nitrogens with two attached hydrogens (primary N) is 1. The second kappa shape index (κ2) is 6.36. The fourth-order valence-electron chi connectivity index (χ4n) is 2.97. The van der Waals surface area contributed by atoms with Crippen LogP contribution in [-0.2, 0) is 4.79 Å². The van der Waals surface area contributed by atoms with Crippen molar-refractivity contribution < 1.29 is 4.79 Å². The summed E-state index contributed by atoms with van der Waals surface area (Å²) in [7, 11) is 0. The van der Waals surface area contributed by atoms with Crippen molar-refractivity contribution in [1.82, 2.24) is 10.2 Å². The van der Waals surface area contributed by atoms with Gasteiger partial charge in [-0.15, -0.1) is 0 Å². The summed E-state index contributed by atoms with van der Waals surface area (Å²) in [5.41, 5.74) is 5.68. The molecule has 0 spiro atoms. The van der Waals surface area contributed by atoms with E-state index in [1.807, 2.05) is 0 Å². The highest BCUT2D eigenvalue weighted by molar-refractivity contribution is 5.79. The molecule has 1 aliphatic heterocycles. The molecular weight excluding hydrogens is 214 g/mol. The summed E-state index contributed by atoms with van der Waals surface area (Å²) in [5.74, 6) is 1.32. The van der Waals surface area contributed by atoms with E-state index in [2.05, 4.69) is 10.2 Å². The summed E-state index contributed by atoms with van der Waals surface area (Å²) >= 11 is 0. The van der Waals surface area contributed by atoms with Gasteiger partial charge in [-0.1, -0.05) is 0 Å². The van der Waals surface area contributed by atoms with Gasteiger partial charge < -0.3 is 16.0 Å². The zero-order valence-electron chi connectivity index (χ0n) is 10.7. The Kier molecular flexibility index (Phi) is 4.80. The molecule has 1 saturated heterocycles. The van der Waals surface area contributed by atoms with Crippen LogP contribution in [0.5, 0.6) is 0 Å². The second-order valence-corrected chi connectivity index (χ2v) is 5.38. The van der Waals surface area contributed by atoms with Crippen LogP contribution in [0.2, 0.25) is 0 Å². The van der Waals surface area contributed by atoms with Crippen molar-refractivity contribution in [2.75, 3.05) is 32.7 Å². The first kappa shape index (κ1) is 12.8. The molecule has 2 aliphatic rings. The van der Waals surface area contributed by atoms with Gasteiger partial charge >= 0.3 is 0 Å². The van der Waals surface area contributed by atoms with E-state index in [1.54, 1.807) is 0 Å². The molecule has 2 fully saturated rings.